The van der Waals surface area contributed by atoms with E-state index in [0.717, 1.165) is 18.7 Å². The summed E-state index contributed by atoms with van der Waals surface area (Å²) < 4.78 is 0. The van der Waals surface area contributed by atoms with Crippen molar-refractivity contribution in [1.82, 2.24) is 10.2 Å². The van der Waals surface area contributed by atoms with Crippen molar-refractivity contribution in [3.63, 3.8) is 0 Å². The van der Waals surface area contributed by atoms with Crippen LogP contribution in [0.25, 0.3) is 0 Å². The Morgan fingerprint density at radius 1 is 1.30 bits per heavy atom. The monoisotopic (exact) mass is 273 g/mol. The largest absolute Gasteiger partial charge is 0.333 e. The number of rotatable bonds is 4. The molecule has 1 aliphatic rings. The second-order valence-electron chi connectivity index (χ2n) is 5.47. The van der Waals surface area contributed by atoms with Gasteiger partial charge in [0.15, 0.2) is 0 Å². The Bertz CT molecular complexity index is 504. The summed E-state index contributed by atoms with van der Waals surface area (Å²) in [6, 6.07) is 8.17. The number of nitrogens with one attached hydrogen (secondary N) is 2. The molecule has 1 atom stereocenters. The van der Waals surface area contributed by atoms with E-state index >= 15 is 0 Å². The average molecular weight is 273 g/mol. The lowest BCUT2D eigenvalue weighted by atomic mass is 10.1. The van der Waals surface area contributed by atoms with E-state index in [0.29, 0.717) is 5.96 Å². The Kier molecular flexibility index (Phi) is 4.42. The minimum atomic E-state index is -0.650. The molecule has 0 bridgehead atoms. The van der Waals surface area contributed by atoms with E-state index in [-0.39, 0.29) is 0 Å². The summed E-state index contributed by atoms with van der Waals surface area (Å²) in [4.78, 5) is 6.67. The predicted molar refractivity (Wildman–Crippen MR) is 84.6 cm³/mol. The fraction of sp³-hybridized carbons (Fsp3) is 0.400. The number of hydrogen-bond acceptors (Lipinski definition) is 5. The molecule has 0 fully saturated rings. The molecule has 0 saturated heterocycles. The van der Waals surface area contributed by atoms with E-state index in [1.54, 1.807) is 0 Å². The molecule has 5 nitrogen and oxygen atoms in total. The first-order chi connectivity index (χ1) is 9.47. The maximum absolute atomic E-state index is 6.29. The molecule has 0 aliphatic carbocycles. The van der Waals surface area contributed by atoms with E-state index in [9.17, 15) is 0 Å². The van der Waals surface area contributed by atoms with Crippen LogP contribution in [-0.2, 0) is 0 Å². The van der Waals surface area contributed by atoms with Crippen molar-refractivity contribution in [2.24, 2.45) is 10.7 Å². The maximum atomic E-state index is 6.29. The third-order valence-electron chi connectivity index (χ3n) is 3.19. The zero-order valence-electron chi connectivity index (χ0n) is 12.4. The molecule has 1 aromatic carbocycles. The fourth-order valence-electron chi connectivity index (χ4n) is 1.92. The minimum Gasteiger partial charge on any atom is -0.333 e. The van der Waals surface area contributed by atoms with E-state index in [1.165, 1.54) is 5.56 Å². The highest BCUT2D eigenvalue weighted by Gasteiger charge is 2.24. The summed E-state index contributed by atoms with van der Waals surface area (Å²) in [6.45, 7) is 2.96. The number of hydrogen-bond donors (Lipinski definition) is 3. The van der Waals surface area contributed by atoms with Gasteiger partial charge in [0.25, 0.3) is 0 Å². The Morgan fingerprint density at radius 3 is 2.65 bits per heavy atom. The Labute approximate surface area is 120 Å². The van der Waals surface area contributed by atoms with Gasteiger partial charge >= 0.3 is 0 Å². The van der Waals surface area contributed by atoms with Crippen molar-refractivity contribution >= 4 is 11.6 Å². The van der Waals surface area contributed by atoms with Crippen molar-refractivity contribution in [2.75, 3.05) is 26.0 Å². The lowest BCUT2D eigenvalue weighted by molar-refractivity contribution is 0.352. The van der Waals surface area contributed by atoms with Crippen LogP contribution in [0, 0.1) is 6.92 Å². The second kappa shape index (κ2) is 6.07. The maximum Gasteiger partial charge on any atom is 0.202 e. The molecule has 0 spiro atoms. The van der Waals surface area contributed by atoms with Crippen LogP contribution >= 0.6 is 0 Å². The first-order valence-electron chi connectivity index (χ1n) is 6.78. The molecule has 0 aromatic heterocycles. The van der Waals surface area contributed by atoms with Crippen LogP contribution < -0.4 is 16.4 Å². The predicted octanol–water partition coefficient (Wildman–Crippen LogP) is 1.49. The minimum absolute atomic E-state index is 0.650. The highest BCUT2D eigenvalue weighted by Crippen LogP contribution is 2.15. The smallest absolute Gasteiger partial charge is 0.202 e. The van der Waals surface area contributed by atoms with Crippen molar-refractivity contribution in [1.29, 1.82) is 0 Å². The van der Waals surface area contributed by atoms with Gasteiger partial charge < -0.3 is 21.3 Å². The van der Waals surface area contributed by atoms with Crippen molar-refractivity contribution in [3.05, 3.63) is 42.1 Å². The topological polar surface area (TPSA) is 65.7 Å². The summed E-state index contributed by atoms with van der Waals surface area (Å²) >= 11 is 0. The van der Waals surface area contributed by atoms with Crippen molar-refractivity contribution in [2.45, 2.75) is 19.0 Å². The van der Waals surface area contributed by atoms with Crippen LogP contribution in [0.2, 0.25) is 0 Å². The van der Waals surface area contributed by atoms with E-state index in [2.05, 4.69) is 39.6 Å². The van der Waals surface area contributed by atoms with Crippen LogP contribution in [-0.4, -0.2) is 37.2 Å². The van der Waals surface area contributed by atoms with Gasteiger partial charge in [-0.3, -0.25) is 0 Å². The van der Waals surface area contributed by atoms with Crippen molar-refractivity contribution < 1.29 is 0 Å². The molecule has 4 N–H and O–H groups in total. The molecule has 1 unspecified atom stereocenters. The van der Waals surface area contributed by atoms with Crippen LogP contribution in [0.1, 0.15) is 12.0 Å². The van der Waals surface area contributed by atoms with Gasteiger partial charge in [0.1, 0.15) is 5.66 Å². The van der Waals surface area contributed by atoms with Crippen molar-refractivity contribution in [3.8, 4) is 0 Å². The van der Waals surface area contributed by atoms with Gasteiger partial charge in [0.05, 0.1) is 0 Å². The molecule has 0 amide bonds. The fourth-order valence-corrected chi connectivity index (χ4v) is 1.92. The van der Waals surface area contributed by atoms with Crippen LogP contribution in [0.3, 0.4) is 0 Å². The van der Waals surface area contributed by atoms with Gasteiger partial charge in [0, 0.05) is 24.9 Å². The van der Waals surface area contributed by atoms with E-state index < -0.39 is 5.66 Å². The quantitative estimate of drug-likeness (QED) is 0.777. The van der Waals surface area contributed by atoms with Crippen LogP contribution in [0.4, 0.5) is 5.69 Å². The molecule has 20 heavy (non-hydrogen) atoms. The highest BCUT2D eigenvalue weighted by molar-refractivity contribution is 5.95. The van der Waals surface area contributed by atoms with Gasteiger partial charge in [-0.1, -0.05) is 17.7 Å². The summed E-state index contributed by atoms with van der Waals surface area (Å²) in [7, 11) is 4.06. The lowest BCUT2D eigenvalue weighted by Crippen LogP contribution is -2.45. The number of aliphatic imine (C=N–C) groups is 1. The van der Waals surface area contributed by atoms with Crippen LogP contribution in [0.15, 0.2) is 41.5 Å². The number of guanidine groups is 1. The molecule has 5 heteroatoms. The summed E-state index contributed by atoms with van der Waals surface area (Å²) in [5, 5.41) is 6.33. The third kappa shape index (κ3) is 4.08. The van der Waals surface area contributed by atoms with E-state index in [4.69, 9.17) is 5.73 Å². The normalized spacial score (nSPS) is 21.6. The highest BCUT2D eigenvalue weighted by atomic mass is 15.2. The Balaban J connectivity index is 2.04. The Morgan fingerprint density at radius 2 is 2.00 bits per heavy atom. The molecule has 1 aliphatic heterocycles. The number of benzene rings is 1. The van der Waals surface area contributed by atoms with Crippen LogP contribution in [0.5, 0.6) is 0 Å². The molecule has 0 saturated carbocycles. The lowest BCUT2D eigenvalue weighted by Gasteiger charge is -2.27. The zero-order valence-corrected chi connectivity index (χ0v) is 12.4. The van der Waals surface area contributed by atoms with Gasteiger partial charge in [0.2, 0.25) is 5.96 Å². The van der Waals surface area contributed by atoms with Gasteiger partial charge in [-0.05, 0) is 39.2 Å². The molecule has 1 heterocycles. The first-order valence-corrected chi connectivity index (χ1v) is 6.78. The number of aryl methyl sites for hydroxylation is 1. The SMILES string of the molecule is Cc1ccc(NC2=NC(N)(CCN(C)C)C=CN2)cc1. The third-order valence-corrected chi connectivity index (χ3v) is 3.19. The average Bonchev–Trinajstić information content (AvgIpc) is 2.40. The molecular formula is C15H23N5. The summed E-state index contributed by atoms with van der Waals surface area (Å²) in [6.07, 6.45) is 4.52. The molecular weight excluding hydrogens is 250 g/mol. The summed E-state index contributed by atoms with van der Waals surface area (Å²) in [5.74, 6) is 0.678. The summed E-state index contributed by atoms with van der Waals surface area (Å²) in [5.41, 5.74) is 7.87. The number of anilines is 1. The Hall–Kier alpha value is -1.85. The molecule has 2 rings (SSSR count). The van der Waals surface area contributed by atoms with Gasteiger partial charge in [-0.15, -0.1) is 0 Å². The number of nitrogens with two attached hydrogens (primary N) is 1. The number of nitrogens with zero attached hydrogens (tertiary/aromatic N) is 2. The molecule has 0 radical (unpaired) electrons. The van der Waals surface area contributed by atoms with Gasteiger partial charge in [-0.25, -0.2) is 4.99 Å². The zero-order chi connectivity index (χ0) is 14.6. The standard InChI is InChI=1S/C15H23N5/c1-12-4-6-13(7-5-12)18-14-17-10-8-15(16,19-14)9-11-20(2)3/h4-8,10H,9,11,16H2,1-3H3,(H2,17,18,19). The van der Waals surface area contributed by atoms with Gasteiger partial charge in [-0.2, -0.15) is 0 Å². The molecule has 108 valence electrons. The molecule has 1 aromatic rings. The second-order valence-corrected chi connectivity index (χ2v) is 5.47. The van der Waals surface area contributed by atoms with E-state index in [1.807, 2.05) is 38.5 Å². The first kappa shape index (κ1) is 14.6.